The van der Waals surface area contributed by atoms with Gasteiger partial charge in [0, 0.05) is 25.7 Å². The van der Waals surface area contributed by atoms with E-state index < -0.39 is 10.0 Å². The first-order valence-electron chi connectivity index (χ1n) is 8.28. The van der Waals surface area contributed by atoms with E-state index in [-0.39, 0.29) is 16.8 Å². The van der Waals surface area contributed by atoms with E-state index >= 15 is 0 Å². The van der Waals surface area contributed by atoms with E-state index in [2.05, 4.69) is 0 Å². The van der Waals surface area contributed by atoms with E-state index in [1.54, 1.807) is 17.0 Å². The molecule has 134 valence electrons. The second-order valence-corrected chi connectivity index (χ2v) is 8.12. The summed E-state index contributed by atoms with van der Waals surface area (Å²) in [5.74, 6) is -0.0639. The summed E-state index contributed by atoms with van der Waals surface area (Å²) in [6.07, 6.45) is 6.85. The third-order valence-corrected chi connectivity index (χ3v) is 6.38. The van der Waals surface area contributed by atoms with Crippen molar-refractivity contribution in [2.75, 3.05) is 21.2 Å². The zero-order valence-corrected chi connectivity index (χ0v) is 15.4. The molecule has 1 aromatic rings. The molecular formula is C17H26N2O4S. The van der Waals surface area contributed by atoms with Gasteiger partial charge in [-0.25, -0.2) is 8.42 Å². The monoisotopic (exact) mass is 354 g/mol. The maximum absolute atomic E-state index is 12.6. The van der Waals surface area contributed by atoms with Crippen molar-refractivity contribution in [3.63, 3.8) is 0 Å². The van der Waals surface area contributed by atoms with Crippen LogP contribution in [0.3, 0.4) is 0 Å². The third kappa shape index (κ3) is 4.15. The maximum atomic E-state index is 12.6. The zero-order valence-electron chi connectivity index (χ0n) is 14.6. The van der Waals surface area contributed by atoms with Gasteiger partial charge < -0.3 is 4.90 Å². The van der Waals surface area contributed by atoms with Gasteiger partial charge in [-0.15, -0.1) is 0 Å². The van der Waals surface area contributed by atoms with Crippen molar-refractivity contribution < 1.29 is 18.0 Å². The number of rotatable bonds is 5. The first kappa shape index (κ1) is 18.9. The van der Waals surface area contributed by atoms with Crippen LogP contribution in [0.15, 0.2) is 29.2 Å². The fourth-order valence-corrected chi connectivity index (χ4v) is 4.00. The minimum absolute atomic E-state index is 0.0639. The number of carbonyl (C=O) groups is 1. The second kappa shape index (κ2) is 8.09. The van der Waals surface area contributed by atoms with Gasteiger partial charge in [0.25, 0.3) is 15.9 Å². The molecule has 0 aromatic heterocycles. The second-order valence-electron chi connectivity index (χ2n) is 6.18. The van der Waals surface area contributed by atoms with Crippen LogP contribution in [0.1, 0.15) is 48.9 Å². The fraction of sp³-hybridized carbons (Fsp3) is 0.588. The normalized spacial score (nSPS) is 16.8. The molecule has 1 aromatic carbocycles. The van der Waals surface area contributed by atoms with Crippen molar-refractivity contribution in [3.05, 3.63) is 29.8 Å². The van der Waals surface area contributed by atoms with E-state index in [1.165, 1.54) is 39.1 Å². The molecule has 1 aliphatic rings. The van der Waals surface area contributed by atoms with Crippen molar-refractivity contribution in [2.45, 2.75) is 49.5 Å². The number of sulfonamides is 1. The molecule has 0 heterocycles. The minimum atomic E-state index is -3.69. The average Bonchev–Trinajstić information content (AvgIpc) is 2.89. The molecule has 1 aliphatic carbocycles. The van der Waals surface area contributed by atoms with Crippen LogP contribution in [0.5, 0.6) is 0 Å². The molecule has 1 saturated carbocycles. The van der Waals surface area contributed by atoms with Crippen LogP contribution in [-0.4, -0.2) is 50.9 Å². The highest BCUT2D eigenvalue weighted by molar-refractivity contribution is 7.89. The van der Waals surface area contributed by atoms with E-state index in [9.17, 15) is 13.2 Å². The Labute approximate surface area is 144 Å². The molecule has 6 nitrogen and oxygen atoms in total. The summed E-state index contributed by atoms with van der Waals surface area (Å²) in [5.41, 5.74) is 0.501. The Bertz CT molecular complexity index is 650. The Balaban J connectivity index is 2.13. The number of carbonyl (C=O) groups excluding carboxylic acids is 1. The molecule has 0 radical (unpaired) electrons. The lowest BCUT2D eigenvalue weighted by atomic mass is 10.1. The van der Waals surface area contributed by atoms with Crippen molar-refractivity contribution in [1.29, 1.82) is 0 Å². The number of hydrogen-bond acceptors (Lipinski definition) is 4. The molecule has 7 heteroatoms. The summed E-state index contributed by atoms with van der Waals surface area (Å²) in [4.78, 5) is 19.3. The van der Waals surface area contributed by atoms with Crippen LogP contribution >= 0.6 is 0 Å². The Morgan fingerprint density at radius 3 is 2.08 bits per heavy atom. The molecule has 0 saturated heterocycles. The lowest BCUT2D eigenvalue weighted by Gasteiger charge is -2.27. The van der Waals surface area contributed by atoms with Crippen LogP contribution in [0.25, 0.3) is 0 Å². The number of hydrogen-bond donors (Lipinski definition) is 0. The van der Waals surface area contributed by atoms with Gasteiger partial charge in [0.15, 0.2) is 0 Å². The smallest absolute Gasteiger partial charge is 0.264 e. The Morgan fingerprint density at radius 2 is 1.58 bits per heavy atom. The molecule has 0 N–H and O–H groups in total. The quantitative estimate of drug-likeness (QED) is 0.602. The molecule has 2 rings (SSSR count). The maximum Gasteiger partial charge on any atom is 0.264 e. The number of nitrogens with zero attached hydrogens (tertiary/aromatic N) is 2. The van der Waals surface area contributed by atoms with Gasteiger partial charge in [0.1, 0.15) is 0 Å². The van der Waals surface area contributed by atoms with E-state index in [4.69, 9.17) is 4.84 Å². The van der Waals surface area contributed by atoms with Gasteiger partial charge in [0.05, 0.1) is 12.0 Å². The highest BCUT2D eigenvalue weighted by Crippen LogP contribution is 2.23. The summed E-state index contributed by atoms with van der Waals surface area (Å²) >= 11 is 0. The van der Waals surface area contributed by atoms with Crippen LogP contribution in [0.2, 0.25) is 0 Å². The van der Waals surface area contributed by atoms with Gasteiger partial charge in [-0.3, -0.25) is 9.63 Å². The summed E-state index contributed by atoms with van der Waals surface area (Å²) < 4.78 is 25.1. The first-order valence-corrected chi connectivity index (χ1v) is 9.72. The standard InChI is InChI=1S/C17H26N2O4S/c1-18(15-8-6-4-5-7-9-15)17(20)14-10-12-16(13-11-14)24(21,22)19(2)23-3/h10-13,15H,4-9H2,1-3H3. The fourth-order valence-electron chi connectivity index (χ4n) is 3.03. The van der Waals surface area contributed by atoms with Crippen molar-refractivity contribution in [2.24, 2.45) is 0 Å². The van der Waals surface area contributed by atoms with E-state index in [0.717, 1.165) is 30.2 Å². The number of hydroxylamine groups is 1. The van der Waals surface area contributed by atoms with Crippen LogP contribution in [0.4, 0.5) is 0 Å². The Kier molecular flexibility index (Phi) is 6.37. The molecule has 0 atom stereocenters. The highest BCUT2D eigenvalue weighted by atomic mass is 32.2. The topological polar surface area (TPSA) is 66.9 Å². The van der Waals surface area contributed by atoms with E-state index in [0.29, 0.717) is 5.56 Å². The average molecular weight is 354 g/mol. The SMILES string of the molecule is CON(C)S(=O)(=O)c1ccc(C(=O)N(C)C2CCCCCC2)cc1. The predicted molar refractivity (Wildman–Crippen MR) is 92.0 cm³/mol. The third-order valence-electron chi connectivity index (χ3n) is 4.69. The van der Waals surface area contributed by atoms with Gasteiger partial charge in [0.2, 0.25) is 0 Å². The minimum Gasteiger partial charge on any atom is -0.339 e. The predicted octanol–water partition coefficient (Wildman–Crippen LogP) is 2.66. The van der Waals surface area contributed by atoms with Crippen molar-refractivity contribution >= 4 is 15.9 Å². The number of amides is 1. The van der Waals surface area contributed by atoms with E-state index in [1.807, 2.05) is 7.05 Å². The van der Waals surface area contributed by atoms with Crippen LogP contribution in [0, 0.1) is 0 Å². The molecular weight excluding hydrogens is 328 g/mol. The molecule has 0 bridgehead atoms. The van der Waals surface area contributed by atoms with Gasteiger partial charge in [-0.05, 0) is 37.1 Å². The van der Waals surface area contributed by atoms with Gasteiger partial charge in [-0.2, -0.15) is 0 Å². The van der Waals surface area contributed by atoms with Gasteiger partial charge >= 0.3 is 0 Å². The molecule has 1 amide bonds. The first-order chi connectivity index (χ1) is 11.4. The lowest BCUT2D eigenvalue weighted by molar-refractivity contribution is -0.0258. The molecule has 0 aliphatic heterocycles. The van der Waals surface area contributed by atoms with Gasteiger partial charge in [-0.1, -0.05) is 30.2 Å². The largest absolute Gasteiger partial charge is 0.339 e. The van der Waals surface area contributed by atoms with Crippen molar-refractivity contribution in [1.82, 2.24) is 9.37 Å². The lowest BCUT2D eigenvalue weighted by Crippen LogP contribution is -2.36. The summed E-state index contributed by atoms with van der Waals surface area (Å²) in [7, 11) is 0.761. The van der Waals surface area contributed by atoms with Crippen LogP contribution < -0.4 is 0 Å². The molecule has 0 spiro atoms. The summed E-state index contributed by atoms with van der Waals surface area (Å²) in [6.45, 7) is 0. The highest BCUT2D eigenvalue weighted by Gasteiger charge is 2.24. The molecule has 24 heavy (non-hydrogen) atoms. The molecule has 0 unspecified atom stereocenters. The Hall–Kier alpha value is -1.44. The summed E-state index contributed by atoms with van der Waals surface area (Å²) in [5, 5.41) is 0. The summed E-state index contributed by atoms with van der Waals surface area (Å²) in [6, 6.07) is 6.28. The zero-order chi connectivity index (χ0) is 17.7. The van der Waals surface area contributed by atoms with Crippen molar-refractivity contribution in [3.8, 4) is 0 Å². The Morgan fingerprint density at radius 1 is 1.04 bits per heavy atom. The molecule has 1 fully saturated rings. The van der Waals surface area contributed by atoms with Crippen LogP contribution in [-0.2, 0) is 14.9 Å². The number of benzene rings is 1.